The molecule has 0 saturated carbocycles. The van der Waals surface area contributed by atoms with Crippen LogP contribution in [0.15, 0.2) is 0 Å². The molecule has 0 spiro atoms. The molecule has 1 aliphatic rings. The highest BCUT2D eigenvalue weighted by Gasteiger charge is 2.27. The molecule has 0 bridgehead atoms. The largest absolute Gasteiger partial charge is 0.383 e. The number of ether oxygens (including phenoxy) is 2. The van der Waals surface area contributed by atoms with Crippen LogP contribution < -0.4 is 4.72 Å². The molecule has 17 heavy (non-hydrogen) atoms. The highest BCUT2D eigenvalue weighted by molar-refractivity contribution is 7.90. The van der Waals surface area contributed by atoms with Crippen LogP contribution in [-0.4, -0.2) is 52.5 Å². The predicted octanol–water partition coefficient (Wildman–Crippen LogP) is 0.729. The third-order valence-electron chi connectivity index (χ3n) is 2.72. The molecule has 0 aromatic carbocycles. The second-order valence-electron chi connectivity index (χ2n) is 4.09. The first-order valence-electron chi connectivity index (χ1n) is 5.75. The zero-order valence-corrected chi connectivity index (χ0v) is 11.6. The molecule has 1 atom stereocenters. The molecule has 7 heteroatoms. The Bertz CT molecular complexity index is 303. The van der Waals surface area contributed by atoms with Crippen LogP contribution >= 0.6 is 11.6 Å². The lowest BCUT2D eigenvalue weighted by atomic mass is 10.2. The number of hydrogen-bond acceptors (Lipinski definition) is 4. The summed E-state index contributed by atoms with van der Waals surface area (Å²) in [6.45, 7) is 1.83. The Kier molecular flexibility index (Phi) is 6.72. The number of halogens is 1. The molecule has 0 radical (unpaired) electrons. The van der Waals surface area contributed by atoms with Crippen molar-refractivity contribution in [2.24, 2.45) is 0 Å². The molecular formula is C10H20ClNO4S. The summed E-state index contributed by atoms with van der Waals surface area (Å²) < 4.78 is 36.4. The van der Waals surface area contributed by atoms with Crippen molar-refractivity contribution in [2.75, 3.05) is 33.5 Å². The van der Waals surface area contributed by atoms with Gasteiger partial charge in [0.2, 0.25) is 10.0 Å². The van der Waals surface area contributed by atoms with Gasteiger partial charge in [0.15, 0.2) is 0 Å². The maximum absolute atomic E-state index is 11.9. The Labute approximate surface area is 108 Å². The molecule has 5 nitrogen and oxygen atoms in total. The predicted molar refractivity (Wildman–Crippen MR) is 66.9 cm³/mol. The van der Waals surface area contributed by atoms with Gasteiger partial charge < -0.3 is 9.47 Å². The van der Waals surface area contributed by atoms with Gasteiger partial charge >= 0.3 is 0 Å². The van der Waals surface area contributed by atoms with Gasteiger partial charge in [-0.3, -0.25) is 0 Å². The van der Waals surface area contributed by atoms with E-state index in [1.807, 2.05) is 0 Å². The SMILES string of the molecule is COCC(Cl)CCNS(=O)(=O)C1CCOCC1. The standard InChI is InChI=1S/C10H20ClNO4S/c1-15-8-9(11)2-5-12-17(13,14)10-3-6-16-7-4-10/h9-10,12H,2-8H2,1H3. The highest BCUT2D eigenvalue weighted by Crippen LogP contribution is 2.14. The normalized spacial score (nSPS) is 20.4. The number of nitrogens with one attached hydrogen (secondary N) is 1. The Morgan fingerprint density at radius 3 is 2.71 bits per heavy atom. The van der Waals surface area contributed by atoms with Crippen molar-refractivity contribution in [1.29, 1.82) is 0 Å². The summed E-state index contributed by atoms with van der Waals surface area (Å²) in [5.74, 6) is 0. The molecular weight excluding hydrogens is 266 g/mol. The van der Waals surface area contributed by atoms with E-state index in [-0.39, 0.29) is 10.6 Å². The molecule has 0 amide bonds. The Morgan fingerprint density at radius 2 is 2.12 bits per heavy atom. The number of rotatable bonds is 7. The Hall–Kier alpha value is 0.120. The summed E-state index contributed by atoms with van der Waals surface area (Å²) >= 11 is 5.92. The third kappa shape index (κ3) is 5.52. The first-order chi connectivity index (χ1) is 8.06. The minimum Gasteiger partial charge on any atom is -0.383 e. The number of methoxy groups -OCH3 is 1. The van der Waals surface area contributed by atoms with Gasteiger partial charge in [-0.25, -0.2) is 13.1 Å². The first-order valence-corrected chi connectivity index (χ1v) is 7.73. The van der Waals surface area contributed by atoms with Crippen LogP contribution in [0.1, 0.15) is 19.3 Å². The fourth-order valence-corrected chi connectivity index (χ4v) is 3.41. The first kappa shape index (κ1) is 15.2. The molecule has 0 aromatic rings. The molecule has 1 fully saturated rings. The van der Waals surface area contributed by atoms with E-state index in [1.165, 1.54) is 0 Å². The van der Waals surface area contributed by atoms with E-state index in [0.29, 0.717) is 45.6 Å². The third-order valence-corrected chi connectivity index (χ3v) is 5.02. The average molecular weight is 286 g/mol. The zero-order valence-electron chi connectivity index (χ0n) is 10.0. The van der Waals surface area contributed by atoms with E-state index >= 15 is 0 Å². The zero-order chi connectivity index (χ0) is 12.7. The highest BCUT2D eigenvalue weighted by atomic mass is 35.5. The van der Waals surface area contributed by atoms with E-state index in [1.54, 1.807) is 7.11 Å². The fraction of sp³-hybridized carbons (Fsp3) is 1.00. The van der Waals surface area contributed by atoms with Crippen molar-refractivity contribution in [3.05, 3.63) is 0 Å². The van der Waals surface area contributed by atoms with Crippen LogP contribution in [0, 0.1) is 0 Å². The monoisotopic (exact) mass is 285 g/mol. The average Bonchev–Trinajstić information content (AvgIpc) is 2.30. The van der Waals surface area contributed by atoms with Crippen LogP contribution in [0.3, 0.4) is 0 Å². The molecule has 102 valence electrons. The van der Waals surface area contributed by atoms with Crippen LogP contribution in [0.4, 0.5) is 0 Å². The summed E-state index contributed by atoms with van der Waals surface area (Å²) in [7, 11) is -1.65. The van der Waals surface area contributed by atoms with Crippen molar-refractivity contribution in [1.82, 2.24) is 4.72 Å². The van der Waals surface area contributed by atoms with Crippen LogP contribution in [-0.2, 0) is 19.5 Å². The molecule has 1 saturated heterocycles. The maximum Gasteiger partial charge on any atom is 0.214 e. The summed E-state index contributed by atoms with van der Waals surface area (Å²) in [5, 5.41) is -0.482. The lowest BCUT2D eigenvalue weighted by molar-refractivity contribution is 0.0981. The molecule has 0 aliphatic carbocycles. The van der Waals surface area contributed by atoms with Gasteiger partial charge in [-0.05, 0) is 19.3 Å². The van der Waals surface area contributed by atoms with Crippen LogP contribution in [0.5, 0.6) is 0 Å². The van der Waals surface area contributed by atoms with Gasteiger partial charge in [0, 0.05) is 26.9 Å². The number of alkyl halides is 1. The Morgan fingerprint density at radius 1 is 1.47 bits per heavy atom. The van der Waals surface area contributed by atoms with Crippen molar-refractivity contribution < 1.29 is 17.9 Å². The van der Waals surface area contributed by atoms with Crippen molar-refractivity contribution in [2.45, 2.75) is 29.9 Å². The lowest BCUT2D eigenvalue weighted by Crippen LogP contribution is -2.39. The van der Waals surface area contributed by atoms with Gasteiger partial charge in [-0.15, -0.1) is 11.6 Å². The van der Waals surface area contributed by atoms with E-state index in [4.69, 9.17) is 21.1 Å². The van der Waals surface area contributed by atoms with E-state index in [2.05, 4.69) is 4.72 Å². The molecule has 1 aliphatic heterocycles. The van der Waals surface area contributed by atoms with Gasteiger partial charge in [0.1, 0.15) is 0 Å². The second kappa shape index (κ2) is 7.53. The van der Waals surface area contributed by atoms with Crippen molar-refractivity contribution >= 4 is 21.6 Å². The summed E-state index contributed by atoms with van der Waals surface area (Å²) in [6.07, 6.45) is 1.70. The topological polar surface area (TPSA) is 64.6 Å². The summed E-state index contributed by atoms with van der Waals surface area (Å²) in [4.78, 5) is 0. The van der Waals surface area contributed by atoms with Crippen LogP contribution in [0.2, 0.25) is 0 Å². The minimum atomic E-state index is -3.22. The number of hydrogen-bond donors (Lipinski definition) is 1. The van der Waals surface area contributed by atoms with Crippen LogP contribution in [0.25, 0.3) is 0 Å². The molecule has 1 N–H and O–H groups in total. The quantitative estimate of drug-likeness (QED) is 0.701. The number of sulfonamides is 1. The van der Waals surface area contributed by atoms with E-state index in [9.17, 15) is 8.42 Å². The molecule has 1 unspecified atom stereocenters. The molecule has 0 aromatic heterocycles. The van der Waals surface area contributed by atoms with Gasteiger partial charge in [-0.2, -0.15) is 0 Å². The lowest BCUT2D eigenvalue weighted by Gasteiger charge is -2.22. The van der Waals surface area contributed by atoms with E-state index < -0.39 is 10.0 Å². The van der Waals surface area contributed by atoms with Gasteiger partial charge in [0.25, 0.3) is 0 Å². The van der Waals surface area contributed by atoms with Crippen molar-refractivity contribution in [3.8, 4) is 0 Å². The van der Waals surface area contributed by atoms with Crippen molar-refractivity contribution in [3.63, 3.8) is 0 Å². The fourth-order valence-electron chi connectivity index (χ4n) is 1.73. The molecule has 1 heterocycles. The minimum absolute atomic E-state index is 0.155. The van der Waals surface area contributed by atoms with Gasteiger partial charge in [0.05, 0.1) is 17.2 Å². The Balaban J connectivity index is 2.29. The summed E-state index contributed by atoms with van der Waals surface area (Å²) in [6, 6.07) is 0. The van der Waals surface area contributed by atoms with Gasteiger partial charge in [-0.1, -0.05) is 0 Å². The summed E-state index contributed by atoms with van der Waals surface area (Å²) in [5.41, 5.74) is 0. The second-order valence-corrected chi connectivity index (χ2v) is 6.75. The maximum atomic E-state index is 11.9. The molecule has 1 rings (SSSR count). The van der Waals surface area contributed by atoms with E-state index in [0.717, 1.165) is 0 Å². The smallest absolute Gasteiger partial charge is 0.214 e.